The Kier molecular flexibility index (Phi) is 6.94. The number of carbonyl (C=O) groups is 3. The van der Waals surface area contributed by atoms with Crippen LogP contribution in [0.5, 0.6) is 0 Å². The minimum Gasteiger partial charge on any atom is -0.466 e. The molecular weight excluding hydrogens is 272 g/mol. The molecule has 0 unspecified atom stereocenters. The van der Waals surface area contributed by atoms with Crippen molar-refractivity contribution in [3.63, 3.8) is 0 Å². The normalized spacial score (nSPS) is 11.5. The first-order valence-corrected chi connectivity index (χ1v) is 6.81. The average Bonchev–Trinajstić information content (AvgIpc) is 2.45. The van der Waals surface area contributed by atoms with E-state index in [1.54, 1.807) is 6.92 Å². The van der Waals surface area contributed by atoms with Crippen LogP contribution in [-0.4, -0.2) is 30.4 Å². The third-order valence-corrected chi connectivity index (χ3v) is 2.84. The molecule has 0 aliphatic rings. The molecule has 6 nitrogen and oxygen atoms in total. The molecule has 1 aromatic rings. The Hall–Kier alpha value is -2.37. The molecule has 0 aliphatic heterocycles. The van der Waals surface area contributed by atoms with E-state index in [0.29, 0.717) is 6.42 Å². The van der Waals surface area contributed by atoms with Gasteiger partial charge in [0.15, 0.2) is 0 Å². The lowest BCUT2D eigenvalue weighted by Crippen LogP contribution is -2.46. The van der Waals surface area contributed by atoms with E-state index >= 15 is 0 Å². The van der Waals surface area contributed by atoms with Crippen molar-refractivity contribution in [3.8, 4) is 0 Å². The van der Waals surface area contributed by atoms with Gasteiger partial charge in [-0.15, -0.1) is 0 Å². The van der Waals surface area contributed by atoms with Crippen LogP contribution in [0, 0.1) is 0 Å². The smallest absolute Gasteiger partial charge is 0.308 e. The molecule has 0 spiro atoms. The topological polar surface area (TPSA) is 98.5 Å². The number of nitrogens with one attached hydrogen (secondary N) is 1. The van der Waals surface area contributed by atoms with Gasteiger partial charge in [-0.2, -0.15) is 0 Å². The summed E-state index contributed by atoms with van der Waals surface area (Å²) in [7, 11) is 0. The first-order chi connectivity index (χ1) is 10.0. The van der Waals surface area contributed by atoms with Crippen molar-refractivity contribution in [3.05, 3.63) is 35.9 Å². The van der Waals surface area contributed by atoms with Crippen LogP contribution in [0.4, 0.5) is 0 Å². The molecule has 21 heavy (non-hydrogen) atoms. The van der Waals surface area contributed by atoms with E-state index < -0.39 is 17.9 Å². The number of benzene rings is 1. The quantitative estimate of drug-likeness (QED) is 0.683. The lowest BCUT2D eigenvalue weighted by atomic mass is 10.1. The molecule has 1 rings (SSSR count). The molecule has 1 aromatic carbocycles. The van der Waals surface area contributed by atoms with Crippen LogP contribution in [0.2, 0.25) is 0 Å². The number of primary amides is 1. The van der Waals surface area contributed by atoms with Crippen molar-refractivity contribution >= 4 is 17.8 Å². The summed E-state index contributed by atoms with van der Waals surface area (Å²) in [6.45, 7) is 1.88. The van der Waals surface area contributed by atoms with Crippen LogP contribution in [0.1, 0.15) is 25.3 Å². The molecule has 6 heteroatoms. The fraction of sp³-hybridized carbons (Fsp3) is 0.400. The summed E-state index contributed by atoms with van der Waals surface area (Å²) in [6.07, 6.45) is 0.522. The van der Waals surface area contributed by atoms with Gasteiger partial charge in [-0.3, -0.25) is 14.4 Å². The summed E-state index contributed by atoms with van der Waals surface area (Å²) in [4.78, 5) is 34.4. The maximum Gasteiger partial charge on any atom is 0.308 e. The molecule has 0 heterocycles. The number of aryl methyl sites for hydroxylation is 1. The number of amides is 2. The Balaban J connectivity index is 2.45. The van der Waals surface area contributed by atoms with E-state index in [2.05, 4.69) is 5.32 Å². The van der Waals surface area contributed by atoms with Gasteiger partial charge < -0.3 is 15.8 Å². The van der Waals surface area contributed by atoms with Gasteiger partial charge in [0.2, 0.25) is 11.8 Å². The molecule has 0 bridgehead atoms. The maximum atomic E-state index is 11.8. The molecule has 3 N–H and O–H groups in total. The third-order valence-electron chi connectivity index (χ3n) is 2.84. The SMILES string of the molecule is CCOC(=O)C[C@H](NC(=O)CCc1ccccc1)C(N)=O. The zero-order valence-corrected chi connectivity index (χ0v) is 12.0. The van der Waals surface area contributed by atoms with Gasteiger partial charge in [0, 0.05) is 6.42 Å². The summed E-state index contributed by atoms with van der Waals surface area (Å²) in [5.74, 6) is -1.65. The summed E-state index contributed by atoms with van der Waals surface area (Å²) in [6, 6.07) is 8.47. The standard InChI is InChI=1S/C15H20N2O4/c1-2-21-14(19)10-12(15(16)20)17-13(18)9-8-11-6-4-3-5-7-11/h3-7,12H,2,8-10H2,1H3,(H2,16,20)(H,17,18)/t12-/m0/s1. The molecule has 0 aromatic heterocycles. The van der Waals surface area contributed by atoms with Crippen LogP contribution in [0.15, 0.2) is 30.3 Å². The van der Waals surface area contributed by atoms with E-state index in [1.165, 1.54) is 0 Å². The fourth-order valence-corrected chi connectivity index (χ4v) is 1.78. The van der Waals surface area contributed by atoms with Gasteiger partial charge in [0.05, 0.1) is 13.0 Å². The number of rotatable bonds is 8. The van der Waals surface area contributed by atoms with E-state index in [1.807, 2.05) is 30.3 Å². The number of carbonyl (C=O) groups excluding carboxylic acids is 3. The Morgan fingerprint density at radius 3 is 2.48 bits per heavy atom. The highest BCUT2D eigenvalue weighted by Crippen LogP contribution is 2.03. The number of esters is 1. The van der Waals surface area contributed by atoms with Crippen LogP contribution in [0.25, 0.3) is 0 Å². The Morgan fingerprint density at radius 1 is 1.24 bits per heavy atom. The van der Waals surface area contributed by atoms with Crippen LogP contribution in [-0.2, 0) is 25.5 Å². The molecule has 0 aliphatic carbocycles. The second kappa shape index (κ2) is 8.73. The van der Waals surface area contributed by atoms with E-state index in [4.69, 9.17) is 10.5 Å². The highest BCUT2D eigenvalue weighted by Gasteiger charge is 2.22. The highest BCUT2D eigenvalue weighted by molar-refractivity contribution is 5.90. The average molecular weight is 292 g/mol. The molecule has 0 saturated heterocycles. The van der Waals surface area contributed by atoms with Gasteiger partial charge in [-0.1, -0.05) is 30.3 Å². The van der Waals surface area contributed by atoms with Crippen molar-refractivity contribution in [1.29, 1.82) is 0 Å². The monoisotopic (exact) mass is 292 g/mol. The van der Waals surface area contributed by atoms with Gasteiger partial charge in [-0.05, 0) is 18.9 Å². The first kappa shape index (κ1) is 16.7. The maximum absolute atomic E-state index is 11.8. The summed E-state index contributed by atoms with van der Waals surface area (Å²) >= 11 is 0. The Bertz CT molecular complexity index is 488. The molecular formula is C15H20N2O4. The molecule has 0 radical (unpaired) electrons. The largest absolute Gasteiger partial charge is 0.466 e. The Labute approximate surface area is 123 Å². The second-order valence-corrected chi connectivity index (χ2v) is 4.52. The number of ether oxygens (including phenoxy) is 1. The van der Waals surface area contributed by atoms with Crippen molar-refractivity contribution in [2.45, 2.75) is 32.2 Å². The summed E-state index contributed by atoms with van der Waals surface area (Å²) in [5.41, 5.74) is 6.20. The molecule has 2 amide bonds. The zero-order chi connectivity index (χ0) is 15.7. The van der Waals surface area contributed by atoms with Crippen molar-refractivity contribution in [2.24, 2.45) is 5.73 Å². The zero-order valence-electron chi connectivity index (χ0n) is 12.0. The van der Waals surface area contributed by atoms with E-state index in [9.17, 15) is 14.4 Å². The Morgan fingerprint density at radius 2 is 1.90 bits per heavy atom. The van der Waals surface area contributed by atoms with Gasteiger partial charge in [0.25, 0.3) is 0 Å². The summed E-state index contributed by atoms with van der Waals surface area (Å²) < 4.78 is 4.74. The number of hydrogen-bond acceptors (Lipinski definition) is 4. The van der Waals surface area contributed by atoms with Gasteiger partial charge in [0.1, 0.15) is 6.04 Å². The van der Waals surface area contributed by atoms with Crippen LogP contribution < -0.4 is 11.1 Å². The molecule has 0 fully saturated rings. The van der Waals surface area contributed by atoms with Crippen LogP contribution >= 0.6 is 0 Å². The van der Waals surface area contributed by atoms with Gasteiger partial charge >= 0.3 is 5.97 Å². The van der Waals surface area contributed by atoms with Crippen molar-refractivity contribution in [2.75, 3.05) is 6.61 Å². The number of hydrogen-bond donors (Lipinski definition) is 2. The lowest BCUT2D eigenvalue weighted by molar-refractivity contribution is -0.145. The van der Waals surface area contributed by atoms with E-state index in [0.717, 1.165) is 5.56 Å². The second-order valence-electron chi connectivity index (χ2n) is 4.52. The highest BCUT2D eigenvalue weighted by atomic mass is 16.5. The molecule has 1 atom stereocenters. The lowest BCUT2D eigenvalue weighted by Gasteiger charge is -2.14. The molecule has 114 valence electrons. The number of nitrogens with two attached hydrogens (primary N) is 1. The van der Waals surface area contributed by atoms with Gasteiger partial charge in [-0.25, -0.2) is 0 Å². The minimum absolute atomic E-state index is 0.215. The molecule has 0 saturated carbocycles. The third kappa shape index (κ3) is 6.56. The minimum atomic E-state index is -1.03. The van der Waals surface area contributed by atoms with Crippen molar-refractivity contribution in [1.82, 2.24) is 5.32 Å². The van der Waals surface area contributed by atoms with E-state index in [-0.39, 0.29) is 25.4 Å². The van der Waals surface area contributed by atoms with Crippen molar-refractivity contribution < 1.29 is 19.1 Å². The van der Waals surface area contributed by atoms with Crippen LogP contribution in [0.3, 0.4) is 0 Å². The summed E-state index contributed by atoms with van der Waals surface area (Å²) in [5, 5.41) is 2.46. The first-order valence-electron chi connectivity index (χ1n) is 6.81. The fourth-order valence-electron chi connectivity index (χ4n) is 1.78. The predicted octanol–water partition coefficient (Wildman–Crippen LogP) is 0.542. The predicted molar refractivity (Wildman–Crippen MR) is 77.1 cm³/mol.